The minimum Gasteiger partial charge on any atom is -0.375 e. The summed E-state index contributed by atoms with van der Waals surface area (Å²) >= 11 is 0. The zero-order chi connectivity index (χ0) is 11.9. The Morgan fingerprint density at radius 3 is 2.62 bits per heavy atom. The van der Waals surface area contributed by atoms with E-state index < -0.39 is 0 Å². The summed E-state index contributed by atoms with van der Waals surface area (Å²) in [5.41, 5.74) is 9.18. The summed E-state index contributed by atoms with van der Waals surface area (Å²) in [6.45, 7) is 8.56. The molecule has 0 spiro atoms. The second kappa shape index (κ2) is 4.34. The van der Waals surface area contributed by atoms with Crippen molar-refractivity contribution in [2.45, 2.75) is 52.4 Å². The van der Waals surface area contributed by atoms with E-state index in [4.69, 9.17) is 10.5 Å². The molecule has 0 aromatic carbocycles. The van der Waals surface area contributed by atoms with Gasteiger partial charge in [-0.1, -0.05) is 23.3 Å². The van der Waals surface area contributed by atoms with Crippen LogP contribution in [0.1, 0.15) is 34.1 Å². The van der Waals surface area contributed by atoms with Crippen molar-refractivity contribution in [3.63, 3.8) is 0 Å². The van der Waals surface area contributed by atoms with E-state index in [1.807, 2.05) is 0 Å². The lowest BCUT2D eigenvalue weighted by Crippen LogP contribution is -2.38. The molecule has 0 saturated heterocycles. The normalized spacial score (nSPS) is 35.0. The first kappa shape index (κ1) is 11.9. The summed E-state index contributed by atoms with van der Waals surface area (Å²) in [4.78, 5) is 0. The smallest absolute Gasteiger partial charge is 0.0602 e. The molecule has 0 amide bonds. The first-order valence-electron chi connectivity index (χ1n) is 6.29. The lowest BCUT2D eigenvalue weighted by molar-refractivity contribution is -0.0241. The molecule has 0 aromatic rings. The van der Waals surface area contributed by atoms with Crippen molar-refractivity contribution in [3.8, 4) is 0 Å². The molecule has 0 heterocycles. The lowest BCUT2D eigenvalue weighted by Gasteiger charge is -2.30. The van der Waals surface area contributed by atoms with Crippen LogP contribution in [0.3, 0.4) is 0 Å². The number of fused-ring (bicyclic) bond motifs is 2. The van der Waals surface area contributed by atoms with E-state index in [0.29, 0.717) is 11.8 Å². The Morgan fingerprint density at radius 2 is 2.00 bits per heavy atom. The second-order valence-electron chi connectivity index (χ2n) is 5.46. The van der Waals surface area contributed by atoms with Gasteiger partial charge in [0.15, 0.2) is 0 Å². The highest BCUT2D eigenvalue weighted by atomic mass is 16.5. The highest BCUT2D eigenvalue weighted by molar-refractivity contribution is 5.35. The van der Waals surface area contributed by atoms with Crippen molar-refractivity contribution in [2.24, 2.45) is 17.6 Å². The number of hydrogen-bond donors (Lipinski definition) is 1. The molecular weight excluding hydrogens is 198 g/mol. The van der Waals surface area contributed by atoms with E-state index in [-0.39, 0.29) is 18.2 Å². The maximum Gasteiger partial charge on any atom is 0.0602 e. The van der Waals surface area contributed by atoms with Gasteiger partial charge in [0.2, 0.25) is 0 Å². The third kappa shape index (κ3) is 1.96. The molecule has 0 radical (unpaired) electrons. The van der Waals surface area contributed by atoms with E-state index in [1.165, 1.54) is 11.1 Å². The van der Waals surface area contributed by atoms with Gasteiger partial charge >= 0.3 is 0 Å². The fraction of sp³-hybridized carbons (Fsp3) is 0.714. The van der Waals surface area contributed by atoms with Gasteiger partial charge in [0.25, 0.3) is 0 Å². The van der Waals surface area contributed by atoms with E-state index in [0.717, 1.165) is 6.42 Å². The zero-order valence-corrected chi connectivity index (χ0v) is 10.7. The van der Waals surface area contributed by atoms with Gasteiger partial charge in [0.1, 0.15) is 0 Å². The fourth-order valence-corrected chi connectivity index (χ4v) is 3.17. The molecule has 2 aliphatic carbocycles. The third-order valence-electron chi connectivity index (χ3n) is 3.94. The van der Waals surface area contributed by atoms with Crippen molar-refractivity contribution < 1.29 is 4.74 Å². The van der Waals surface area contributed by atoms with Crippen molar-refractivity contribution in [1.29, 1.82) is 0 Å². The van der Waals surface area contributed by atoms with Crippen molar-refractivity contribution in [2.75, 3.05) is 0 Å². The average molecular weight is 221 g/mol. The largest absolute Gasteiger partial charge is 0.375 e. The average Bonchev–Trinajstić information content (AvgIpc) is 2.46. The molecule has 2 heteroatoms. The molecule has 2 nitrogen and oxygen atoms in total. The Morgan fingerprint density at radius 1 is 1.31 bits per heavy atom. The van der Waals surface area contributed by atoms with Crippen LogP contribution in [0.4, 0.5) is 0 Å². The maximum absolute atomic E-state index is 6.32. The Kier molecular flexibility index (Phi) is 3.22. The summed E-state index contributed by atoms with van der Waals surface area (Å²) in [5.74, 6) is 1.05. The molecule has 1 saturated carbocycles. The number of hydrogen-bond acceptors (Lipinski definition) is 2. The number of rotatable bonds is 3. The van der Waals surface area contributed by atoms with Crippen molar-refractivity contribution in [3.05, 3.63) is 23.3 Å². The maximum atomic E-state index is 6.32. The van der Waals surface area contributed by atoms with E-state index in [9.17, 15) is 0 Å². The molecule has 0 aromatic heterocycles. The van der Waals surface area contributed by atoms with Crippen LogP contribution in [0.2, 0.25) is 0 Å². The molecular formula is C14H23NO. The van der Waals surface area contributed by atoms with Crippen LogP contribution in [0.5, 0.6) is 0 Å². The van der Waals surface area contributed by atoms with Gasteiger partial charge in [-0.2, -0.15) is 0 Å². The highest BCUT2D eigenvalue weighted by Gasteiger charge is 2.42. The molecule has 0 aliphatic heterocycles. The minimum atomic E-state index is 0.187. The quantitative estimate of drug-likeness (QED) is 0.795. The number of nitrogens with two attached hydrogens (primary N) is 1. The summed E-state index contributed by atoms with van der Waals surface area (Å²) in [7, 11) is 0. The first-order valence-corrected chi connectivity index (χ1v) is 6.29. The predicted molar refractivity (Wildman–Crippen MR) is 67.1 cm³/mol. The van der Waals surface area contributed by atoms with Gasteiger partial charge in [-0.15, -0.1) is 0 Å². The van der Waals surface area contributed by atoms with Crippen LogP contribution in [0.25, 0.3) is 0 Å². The molecule has 2 aliphatic rings. The zero-order valence-electron chi connectivity index (χ0n) is 10.7. The van der Waals surface area contributed by atoms with Gasteiger partial charge in [0.05, 0.1) is 12.2 Å². The van der Waals surface area contributed by atoms with Crippen LogP contribution < -0.4 is 5.73 Å². The first-order chi connectivity index (χ1) is 7.50. The van der Waals surface area contributed by atoms with Crippen LogP contribution >= 0.6 is 0 Å². The van der Waals surface area contributed by atoms with Gasteiger partial charge < -0.3 is 10.5 Å². The Labute approximate surface area is 98.5 Å². The molecule has 90 valence electrons. The van der Waals surface area contributed by atoms with E-state index in [2.05, 4.69) is 39.8 Å². The number of ether oxygens (including phenoxy) is 1. The molecule has 2 N–H and O–H groups in total. The van der Waals surface area contributed by atoms with Gasteiger partial charge in [-0.05, 0) is 40.0 Å². The van der Waals surface area contributed by atoms with Crippen LogP contribution in [-0.4, -0.2) is 18.2 Å². The monoisotopic (exact) mass is 221 g/mol. The lowest BCUT2D eigenvalue weighted by atomic mass is 9.84. The standard InChI is InChI=1S/C14H23NO/c1-8(2)16-10(4)13-12-7-11(14(13)15)6-5-9(12)3/h5-6,8,10,12-14H,7,15H2,1-4H3. The molecule has 4 atom stereocenters. The van der Waals surface area contributed by atoms with Crippen LogP contribution in [-0.2, 0) is 4.74 Å². The highest BCUT2D eigenvalue weighted by Crippen LogP contribution is 2.44. The van der Waals surface area contributed by atoms with Crippen molar-refractivity contribution >= 4 is 0 Å². The Balaban J connectivity index is 2.16. The van der Waals surface area contributed by atoms with Gasteiger partial charge in [-0.25, -0.2) is 0 Å². The molecule has 16 heavy (non-hydrogen) atoms. The SMILES string of the molecule is CC1=CC=C2CC1C(C(C)OC(C)C)C2N. The Bertz CT molecular complexity index is 330. The topological polar surface area (TPSA) is 35.2 Å². The van der Waals surface area contributed by atoms with E-state index in [1.54, 1.807) is 0 Å². The van der Waals surface area contributed by atoms with Crippen molar-refractivity contribution in [1.82, 2.24) is 0 Å². The van der Waals surface area contributed by atoms with Crippen LogP contribution in [0, 0.1) is 11.8 Å². The summed E-state index contributed by atoms with van der Waals surface area (Å²) in [5, 5.41) is 0. The summed E-state index contributed by atoms with van der Waals surface area (Å²) in [6.07, 6.45) is 6.09. The predicted octanol–water partition coefficient (Wildman–Crippen LogP) is 2.65. The van der Waals surface area contributed by atoms with E-state index >= 15 is 0 Å². The summed E-state index contributed by atoms with van der Waals surface area (Å²) < 4.78 is 5.93. The second-order valence-corrected chi connectivity index (χ2v) is 5.46. The molecule has 1 fully saturated rings. The van der Waals surface area contributed by atoms with Gasteiger partial charge in [0, 0.05) is 12.0 Å². The fourth-order valence-electron chi connectivity index (χ4n) is 3.17. The van der Waals surface area contributed by atoms with Gasteiger partial charge in [-0.3, -0.25) is 0 Å². The molecule has 2 rings (SSSR count). The summed E-state index contributed by atoms with van der Waals surface area (Å²) in [6, 6.07) is 0.187. The number of allylic oxidation sites excluding steroid dienone is 3. The van der Waals surface area contributed by atoms with Crippen LogP contribution in [0.15, 0.2) is 23.3 Å². The third-order valence-corrected chi connectivity index (χ3v) is 3.94. The minimum absolute atomic E-state index is 0.187. The Hall–Kier alpha value is -0.600. The molecule has 2 bridgehead atoms. The molecule has 4 unspecified atom stereocenters.